The van der Waals surface area contributed by atoms with Crippen LogP contribution in [0.2, 0.25) is 0 Å². The largest absolute Gasteiger partial charge is 0.343 e. The van der Waals surface area contributed by atoms with Gasteiger partial charge in [0.15, 0.2) is 0 Å². The van der Waals surface area contributed by atoms with E-state index in [1.165, 1.54) is 0 Å². The van der Waals surface area contributed by atoms with Crippen LogP contribution in [0.4, 0.5) is 5.69 Å². The van der Waals surface area contributed by atoms with Gasteiger partial charge in [-0.15, -0.1) is 0 Å². The van der Waals surface area contributed by atoms with Crippen LogP contribution in [-0.4, -0.2) is 29.8 Å². The molecular weight excluding hydrogens is 252 g/mol. The van der Waals surface area contributed by atoms with Gasteiger partial charge in [-0.05, 0) is 37.5 Å². The lowest BCUT2D eigenvalue weighted by atomic mass is 9.95. The SMILES string of the molecule is CCC(=O)N1CCC(C(=O)Nc2cccc(C)c2)CC1. The Hall–Kier alpha value is -1.84. The first-order valence-electron chi connectivity index (χ1n) is 7.25. The Balaban J connectivity index is 1.87. The molecule has 108 valence electrons. The Morgan fingerprint density at radius 3 is 2.60 bits per heavy atom. The summed E-state index contributed by atoms with van der Waals surface area (Å²) in [5.74, 6) is 0.262. The van der Waals surface area contributed by atoms with Crippen LogP contribution in [0.5, 0.6) is 0 Å². The molecule has 1 fully saturated rings. The normalized spacial score (nSPS) is 16.0. The summed E-state index contributed by atoms with van der Waals surface area (Å²) in [6.07, 6.45) is 2.05. The van der Waals surface area contributed by atoms with Crippen molar-refractivity contribution in [2.45, 2.75) is 33.1 Å². The predicted octanol–water partition coefficient (Wildman–Crippen LogP) is 2.58. The zero-order valence-electron chi connectivity index (χ0n) is 12.2. The highest BCUT2D eigenvalue weighted by Crippen LogP contribution is 2.20. The number of rotatable bonds is 3. The van der Waals surface area contributed by atoms with E-state index in [4.69, 9.17) is 0 Å². The smallest absolute Gasteiger partial charge is 0.227 e. The van der Waals surface area contributed by atoms with E-state index >= 15 is 0 Å². The molecule has 20 heavy (non-hydrogen) atoms. The van der Waals surface area contributed by atoms with Crippen molar-refractivity contribution in [3.05, 3.63) is 29.8 Å². The van der Waals surface area contributed by atoms with Crippen molar-refractivity contribution in [2.24, 2.45) is 5.92 Å². The summed E-state index contributed by atoms with van der Waals surface area (Å²) in [4.78, 5) is 25.7. The molecule has 1 N–H and O–H groups in total. The molecule has 0 unspecified atom stereocenters. The number of hydrogen-bond acceptors (Lipinski definition) is 2. The fraction of sp³-hybridized carbons (Fsp3) is 0.500. The summed E-state index contributed by atoms with van der Waals surface area (Å²) in [6, 6.07) is 7.81. The number of benzene rings is 1. The number of carbonyl (C=O) groups excluding carboxylic acids is 2. The van der Waals surface area contributed by atoms with Crippen LogP contribution in [0.3, 0.4) is 0 Å². The number of carbonyl (C=O) groups is 2. The highest BCUT2D eigenvalue weighted by atomic mass is 16.2. The van der Waals surface area contributed by atoms with Gasteiger partial charge in [-0.1, -0.05) is 19.1 Å². The summed E-state index contributed by atoms with van der Waals surface area (Å²) in [6.45, 7) is 5.26. The summed E-state index contributed by atoms with van der Waals surface area (Å²) in [5, 5.41) is 2.97. The molecule has 1 aromatic carbocycles. The molecule has 1 aliphatic heterocycles. The number of likely N-dealkylation sites (tertiary alicyclic amines) is 1. The average Bonchev–Trinajstić information content (AvgIpc) is 2.46. The maximum absolute atomic E-state index is 12.2. The Bertz CT molecular complexity index is 491. The van der Waals surface area contributed by atoms with E-state index in [-0.39, 0.29) is 17.7 Å². The minimum Gasteiger partial charge on any atom is -0.343 e. The number of anilines is 1. The molecule has 1 heterocycles. The minimum absolute atomic E-state index is 0.0106. The summed E-state index contributed by atoms with van der Waals surface area (Å²) >= 11 is 0. The monoisotopic (exact) mass is 274 g/mol. The van der Waals surface area contributed by atoms with Crippen LogP contribution in [0.25, 0.3) is 0 Å². The van der Waals surface area contributed by atoms with Gasteiger partial charge in [0, 0.05) is 31.1 Å². The third-order valence-corrected chi connectivity index (χ3v) is 3.81. The average molecular weight is 274 g/mol. The van der Waals surface area contributed by atoms with E-state index < -0.39 is 0 Å². The molecule has 0 saturated carbocycles. The molecule has 1 saturated heterocycles. The summed E-state index contributed by atoms with van der Waals surface area (Å²) in [5.41, 5.74) is 1.98. The Morgan fingerprint density at radius 1 is 1.30 bits per heavy atom. The Labute approximate surface area is 120 Å². The van der Waals surface area contributed by atoms with Crippen LogP contribution in [0.15, 0.2) is 24.3 Å². The number of piperidine rings is 1. The molecule has 0 spiro atoms. The third kappa shape index (κ3) is 3.59. The first kappa shape index (κ1) is 14.6. The predicted molar refractivity (Wildman–Crippen MR) is 79.4 cm³/mol. The summed E-state index contributed by atoms with van der Waals surface area (Å²) < 4.78 is 0. The summed E-state index contributed by atoms with van der Waals surface area (Å²) in [7, 11) is 0. The quantitative estimate of drug-likeness (QED) is 0.921. The Morgan fingerprint density at radius 2 is 2.00 bits per heavy atom. The van der Waals surface area contributed by atoms with E-state index in [0.29, 0.717) is 19.5 Å². The van der Waals surface area contributed by atoms with Gasteiger partial charge < -0.3 is 10.2 Å². The molecular formula is C16H22N2O2. The number of hydrogen-bond donors (Lipinski definition) is 1. The lowest BCUT2D eigenvalue weighted by Crippen LogP contribution is -2.41. The van der Waals surface area contributed by atoms with Crippen molar-refractivity contribution in [2.75, 3.05) is 18.4 Å². The molecule has 2 rings (SSSR count). The van der Waals surface area contributed by atoms with Crippen molar-refractivity contribution in [1.82, 2.24) is 4.90 Å². The molecule has 0 bridgehead atoms. The van der Waals surface area contributed by atoms with Crippen LogP contribution in [-0.2, 0) is 9.59 Å². The molecule has 4 heteroatoms. The highest BCUT2D eigenvalue weighted by Gasteiger charge is 2.26. The van der Waals surface area contributed by atoms with Gasteiger partial charge in [-0.2, -0.15) is 0 Å². The molecule has 0 radical (unpaired) electrons. The number of nitrogens with one attached hydrogen (secondary N) is 1. The van der Waals surface area contributed by atoms with Crippen molar-refractivity contribution in [3.8, 4) is 0 Å². The van der Waals surface area contributed by atoms with Gasteiger partial charge in [0.1, 0.15) is 0 Å². The van der Waals surface area contributed by atoms with E-state index in [1.54, 1.807) is 0 Å². The lowest BCUT2D eigenvalue weighted by molar-refractivity contribution is -0.134. The van der Waals surface area contributed by atoms with Crippen molar-refractivity contribution in [1.29, 1.82) is 0 Å². The van der Waals surface area contributed by atoms with Crippen LogP contribution in [0, 0.1) is 12.8 Å². The van der Waals surface area contributed by atoms with Gasteiger partial charge in [0.2, 0.25) is 11.8 Å². The molecule has 0 atom stereocenters. The maximum Gasteiger partial charge on any atom is 0.227 e. The van der Waals surface area contributed by atoms with Gasteiger partial charge >= 0.3 is 0 Å². The van der Waals surface area contributed by atoms with Crippen LogP contribution in [0.1, 0.15) is 31.7 Å². The zero-order chi connectivity index (χ0) is 14.5. The number of nitrogens with zero attached hydrogens (tertiary/aromatic N) is 1. The fourth-order valence-electron chi connectivity index (χ4n) is 2.58. The second kappa shape index (κ2) is 6.55. The molecule has 1 aliphatic rings. The van der Waals surface area contributed by atoms with Crippen LogP contribution >= 0.6 is 0 Å². The fourth-order valence-corrected chi connectivity index (χ4v) is 2.58. The van der Waals surface area contributed by atoms with Gasteiger partial charge in [-0.3, -0.25) is 9.59 Å². The van der Waals surface area contributed by atoms with E-state index in [1.807, 2.05) is 43.0 Å². The van der Waals surface area contributed by atoms with Crippen LogP contribution < -0.4 is 5.32 Å². The maximum atomic E-state index is 12.2. The van der Waals surface area contributed by atoms with E-state index in [9.17, 15) is 9.59 Å². The zero-order valence-corrected chi connectivity index (χ0v) is 12.2. The number of aryl methyl sites for hydroxylation is 1. The van der Waals surface area contributed by atoms with E-state index in [2.05, 4.69) is 5.32 Å². The van der Waals surface area contributed by atoms with Crippen molar-refractivity contribution >= 4 is 17.5 Å². The highest BCUT2D eigenvalue weighted by molar-refractivity contribution is 5.92. The standard InChI is InChI=1S/C16H22N2O2/c1-3-15(19)18-9-7-13(8-10-18)16(20)17-14-6-4-5-12(2)11-14/h4-6,11,13H,3,7-10H2,1-2H3,(H,17,20). The molecule has 4 nitrogen and oxygen atoms in total. The Kier molecular flexibility index (Phi) is 4.77. The number of amides is 2. The first-order valence-corrected chi connectivity index (χ1v) is 7.25. The first-order chi connectivity index (χ1) is 9.60. The van der Waals surface area contributed by atoms with Crippen molar-refractivity contribution < 1.29 is 9.59 Å². The van der Waals surface area contributed by atoms with Gasteiger partial charge in [-0.25, -0.2) is 0 Å². The van der Waals surface area contributed by atoms with Gasteiger partial charge in [0.25, 0.3) is 0 Å². The van der Waals surface area contributed by atoms with Crippen molar-refractivity contribution in [3.63, 3.8) is 0 Å². The molecule has 1 aromatic rings. The third-order valence-electron chi connectivity index (χ3n) is 3.81. The lowest BCUT2D eigenvalue weighted by Gasteiger charge is -2.31. The second-order valence-corrected chi connectivity index (χ2v) is 5.37. The van der Waals surface area contributed by atoms with Gasteiger partial charge in [0.05, 0.1) is 0 Å². The second-order valence-electron chi connectivity index (χ2n) is 5.37. The van der Waals surface area contributed by atoms with E-state index in [0.717, 1.165) is 24.1 Å². The molecule has 0 aliphatic carbocycles. The minimum atomic E-state index is 0.0106. The topological polar surface area (TPSA) is 49.4 Å². The molecule has 0 aromatic heterocycles. The molecule has 2 amide bonds.